The van der Waals surface area contributed by atoms with Crippen LogP contribution in [0.2, 0.25) is 0 Å². The Kier molecular flexibility index (Phi) is 3.07. The van der Waals surface area contributed by atoms with Crippen molar-refractivity contribution in [2.45, 2.75) is 45.2 Å². The maximum Gasteiger partial charge on any atom is 0.259 e. The second-order valence-electron chi connectivity index (χ2n) is 6.86. The molecule has 0 amide bonds. The van der Waals surface area contributed by atoms with E-state index in [1.807, 2.05) is 0 Å². The Balaban J connectivity index is 1.55. The summed E-state index contributed by atoms with van der Waals surface area (Å²) in [7, 11) is 0. The van der Waals surface area contributed by atoms with Crippen LogP contribution < -0.4 is 10.5 Å². The Bertz CT molecular complexity index is 1000. The molecule has 5 rings (SSSR count). The highest BCUT2D eigenvalue weighted by atomic mass is 32.1. The molecule has 0 saturated heterocycles. The zero-order valence-corrected chi connectivity index (χ0v) is 14.4. The molecule has 1 aliphatic heterocycles. The first-order valence-corrected chi connectivity index (χ1v) is 9.40. The molecule has 1 atom stereocenters. The van der Waals surface area contributed by atoms with Gasteiger partial charge in [-0.05, 0) is 49.8 Å². The van der Waals surface area contributed by atoms with E-state index in [0.29, 0.717) is 12.6 Å². The number of para-hydroxylation sites is 1. The highest BCUT2D eigenvalue weighted by Crippen LogP contribution is 2.35. The Hall–Kier alpha value is -2.14. The van der Waals surface area contributed by atoms with Crippen LogP contribution in [0.1, 0.15) is 35.2 Å². The van der Waals surface area contributed by atoms with Gasteiger partial charge in [-0.3, -0.25) is 4.79 Å². The smallest absolute Gasteiger partial charge is 0.259 e. The fourth-order valence-corrected chi connectivity index (χ4v) is 5.43. The number of aromatic nitrogens is 2. The van der Waals surface area contributed by atoms with Gasteiger partial charge in [-0.1, -0.05) is 18.2 Å². The maximum absolute atomic E-state index is 12.6. The van der Waals surface area contributed by atoms with Gasteiger partial charge in [0.05, 0.1) is 11.9 Å². The minimum Gasteiger partial charge on any atom is -0.361 e. The van der Waals surface area contributed by atoms with Crippen molar-refractivity contribution in [3.05, 3.63) is 56.4 Å². The number of nitrogens with zero attached hydrogens (tertiary/aromatic N) is 2. The third-order valence-electron chi connectivity index (χ3n) is 5.29. The third-order valence-corrected chi connectivity index (χ3v) is 6.48. The zero-order valence-electron chi connectivity index (χ0n) is 13.6. The average Bonchev–Trinajstić information content (AvgIpc) is 3.21. The number of H-pyrrole nitrogens is 1. The van der Waals surface area contributed by atoms with Crippen molar-refractivity contribution in [3.8, 4) is 0 Å². The average molecular weight is 337 g/mol. The van der Waals surface area contributed by atoms with Crippen LogP contribution in [-0.4, -0.2) is 16.0 Å². The van der Waals surface area contributed by atoms with Gasteiger partial charge in [0.1, 0.15) is 10.7 Å². The first kappa shape index (κ1) is 14.2. The molecule has 2 aliphatic rings. The van der Waals surface area contributed by atoms with E-state index in [4.69, 9.17) is 4.98 Å². The number of hydrogen-bond acceptors (Lipinski definition) is 4. The van der Waals surface area contributed by atoms with Gasteiger partial charge in [-0.25, -0.2) is 4.98 Å². The minimum absolute atomic E-state index is 0.0366. The second-order valence-corrected chi connectivity index (χ2v) is 7.94. The Labute approximate surface area is 144 Å². The number of benzene rings is 1. The fraction of sp³-hybridized carbons (Fsp3) is 0.368. The Morgan fingerprint density at radius 2 is 2.21 bits per heavy atom. The number of hydrogen-bond donors (Lipinski definition) is 1. The highest BCUT2D eigenvalue weighted by Gasteiger charge is 2.27. The van der Waals surface area contributed by atoms with Crippen molar-refractivity contribution < 1.29 is 0 Å². The molecule has 1 aromatic carbocycles. The van der Waals surface area contributed by atoms with Crippen molar-refractivity contribution in [1.29, 1.82) is 0 Å². The Morgan fingerprint density at radius 1 is 1.33 bits per heavy atom. The summed E-state index contributed by atoms with van der Waals surface area (Å²) in [6.07, 6.45) is 4.34. The molecule has 3 heterocycles. The molecule has 0 bridgehead atoms. The van der Waals surface area contributed by atoms with E-state index < -0.39 is 0 Å². The van der Waals surface area contributed by atoms with Crippen molar-refractivity contribution >= 4 is 27.2 Å². The topological polar surface area (TPSA) is 49.0 Å². The Morgan fingerprint density at radius 3 is 3.12 bits per heavy atom. The molecule has 24 heavy (non-hydrogen) atoms. The summed E-state index contributed by atoms with van der Waals surface area (Å²) in [5.41, 5.74) is 3.93. The highest BCUT2D eigenvalue weighted by molar-refractivity contribution is 7.18. The van der Waals surface area contributed by atoms with Crippen LogP contribution >= 0.6 is 11.3 Å². The normalized spacial score (nSPS) is 19.0. The van der Waals surface area contributed by atoms with Gasteiger partial charge < -0.3 is 9.88 Å². The largest absolute Gasteiger partial charge is 0.361 e. The fourth-order valence-electron chi connectivity index (χ4n) is 4.15. The van der Waals surface area contributed by atoms with Crippen LogP contribution in [0.5, 0.6) is 0 Å². The lowest BCUT2D eigenvalue weighted by Crippen LogP contribution is -2.30. The molecule has 0 spiro atoms. The van der Waals surface area contributed by atoms with Gasteiger partial charge in [-0.15, -0.1) is 11.3 Å². The monoisotopic (exact) mass is 337 g/mol. The molecule has 2 aromatic heterocycles. The molecular weight excluding hydrogens is 318 g/mol. The maximum atomic E-state index is 12.6. The predicted molar refractivity (Wildman–Crippen MR) is 98.1 cm³/mol. The van der Waals surface area contributed by atoms with Gasteiger partial charge in [-0.2, -0.15) is 0 Å². The molecule has 4 nitrogen and oxygen atoms in total. The van der Waals surface area contributed by atoms with E-state index in [0.717, 1.165) is 35.3 Å². The minimum atomic E-state index is 0.0366. The van der Waals surface area contributed by atoms with Crippen LogP contribution in [0, 0.1) is 0 Å². The van der Waals surface area contributed by atoms with Crippen LogP contribution in [0.15, 0.2) is 29.1 Å². The van der Waals surface area contributed by atoms with Gasteiger partial charge in [0, 0.05) is 16.6 Å². The number of thiophene rings is 1. The van der Waals surface area contributed by atoms with Gasteiger partial charge in [0.2, 0.25) is 0 Å². The van der Waals surface area contributed by atoms with Gasteiger partial charge >= 0.3 is 0 Å². The SMILES string of the molecule is CC1Cc2ccccc2N1Cc1nc2sc3c(c2c(=O)[nH]1)CCC3. The second kappa shape index (κ2) is 5.18. The quantitative estimate of drug-likeness (QED) is 0.779. The molecular formula is C19H19N3OS. The van der Waals surface area contributed by atoms with Crippen LogP contribution in [0.3, 0.4) is 0 Å². The number of anilines is 1. The van der Waals surface area contributed by atoms with Crippen LogP contribution in [0.4, 0.5) is 5.69 Å². The van der Waals surface area contributed by atoms with Crippen LogP contribution in [0.25, 0.3) is 10.2 Å². The summed E-state index contributed by atoms with van der Waals surface area (Å²) >= 11 is 1.71. The first-order chi connectivity index (χ1) is 11.7. The molecule has 3 aromatic rings. The van der Waals surface area contributed by atoms with E-state index >= 15 is 0 Å². The number of nitrogens with one attached hydrogen (secondary N) is 1. The molecule has 1 aliphatic carbocycles. The van der Waals surface area contributed by atoms with Crippen molar-refractivity contribution in [2.75, 3.05) is 4.90 Å². The number of rotatable bonds is 2. The van der Waals surface area contributed by atoms with E-state index in [2.05, 4.69) is 41.1 Å². The van der Waals surface area contributed by atoms with Crippen molar-refractivity contribution in [3.63, 3.8) is 0 Å². The third kappa shape index (κ3) is 2.04. The number of aromatic amines is 1. The van der Waals surface area contributed by atoms with Crippen molar-refractivity contribution in [1.82, 2.24) is 9.97 Å². The van der Waals surface area contributed by atoms with E-state index in [1.165, 1.54) is 28.1 Å². The summed E-state index contributed by atoms with van der Waals surface area (Å²) in [4.78, 5) is 25.1. The molecule has 1 N–H and O–H groups in total. The summed E-state index contributed by atoms with van der Waals surface area (Å²) in [6, 6.07) is 8.95. The lowest BCUT2D eigenvalue weighted by atomic mass is 10.1. The first-order valence-electron chi connectivity index (χ1n) is 8.58. The lowest BCUT2D eigenvalue weighted by Gasteiger charge is -2.24. The molecule has 5 heteroatoms. The zero-order chi connectivity index (χ0) is 16.3. The standard InChI is InChI=1S/C19H19N3OS/c1-11-9-12-5-2-3-7-14(12)22(11)10-16-20-18(23)17-13-6-4-8-15(13)24-19(17)21-16/h2-3,5,7,11H,4,6,8-10H2,1H3,(H,20,21,23). The van der Waals surface area contributed by atoms with E-state index in [9.17, 15) is 4.79 Å². The molecule has 122 valence electrons. The molecule has 1 unspecified atom stereocenters. The lowest BCUT2D eigenvalue weighted by molar-refractivity contribution is 0.655. The summed E-state index contributed by atoms with van der Waals surface area (Å²) in [5.74, 6) is 0.774. The van der Waals surface area contributed by atoms with E-state index in [1.54, 1.807) is 11.3 Å². The van der Waals surface area contributed by atoms with Gasteiger partial charge in [0.25, 0.3) is 5.56 Å². The summed E-state index contributed by atoms with van der Waals surface area (Å²) in [6.45, 7) is 2.89. The summed E-state index contributed by atoms with van der Waals surface area (Å²) in [5, 5.41) is 0.839. The number of fused-ring (bicyclic) bond motifs is 4. The molecule has 0 saturated carbocycles. The summed E-state index contributed by atoms with van der Waals surface area (Å²) < 4.78 is 0. The predicted octanol–water partition coefficient (Wildman–Crippen LogP) is 3.42. The van der Waals surface area contributed by atoms with Gasteiger partial charge in [0.15, 0.2) is 0 Å². The van der Waals surface area contributed by atoms with E-state index in [-0.39, 0.29) is 5.56 Å². The molecule has 0 radical (unpaired) electrons. The molecule has 0 fully saturated rings. The van der Waals surface area contributed by atoms with Crippen molar-refractivity contribution in [2.24, 2.45) is 0 Å². The van der Waals surface area contributed by atoms with Crippen LogP contribution in [-0.2, 0) is 25.8 Å². The number of aryl methyl sites for hydroxylation is 2.